The van der Waals surface area contributed by atoms with E-state index in [9.17, 15) is 5.11 Å². The molecular weight excluding hydrogens is 256 g/mol. The van der Waals surface area contributed by atoms with Crippen molar-refractivity contribution in [2.45, 2.75) is 6.10 Å². The molecular formula is C16H18O4. The molecule has 0 amide bonds. The van der Waals surface area contributed by atoms with Crippen LogP contribution < -0.4 is 14.2 Å². The molecule has 0 aliphatic heterocycles. The van der Waals surface area contributed by atoms with Gasteiger partial charge in [0.05, 0.1) is 21.3 Å². The Labute approximate surface area is 118 Å². The van der Waals surface area contributed by atoms with Crippen LogP contribution in [0.1, 0.15) is 17.2 Å². The Hall–Kier alpha value is -2.20. The molecule has 106 valence electrons. The van der Waals surface area contributed by atoms with Crippen molar-refractivity contribution < 1.29 is 19.3 Å². The highest BCUT2D eigenvalue weighted by Gasteiger charge is 2.18. The smallest absolute Gasteiger partial charge is 0.203 e. The van der Waals surface area contributed by atoms with Crippen LogP contribution in [-0.4, -0.2) is 26.4 Å². The third kappa shape index (κ3) is 2.70. The number of aliphatic hydroxyl groups excluding tert-OH is 1. The third-order valence-corrected chi connectivity index (χ3v) is 3.12. The fourth-order valence-electron chi connectivity index (χ4n) is 2.09. The van der Waals surface area contributed by atoms with E-state index in [4.69, 9.17) is 14.2 Å². The zero-order chi connectivity index (χ0) is 14.5. The molecule has 1 atom stereocenters. The summed E-state index contributed by atoms with van der Waals surface area (Å²) in [5.41, 5.74) is 1.49. The molecule has 0 unspecified atom stereocenters. The highest BCUT2D eigenvalue weighted by Crippen LogP contribution is 2.40. The van der Waals surface area contributed by atoms with E-state index in [1.54, 1.807) is 33.5 Å². The number of aliphatic hydroxyl groups is 1. The lowest BCUT2D eigenvalue weighted by molar-refractivity contribution is 0.218. The molecule has 1 N–H and O–H groups in total. The summed E-state index contributed by atoms with van der Waals surface area (Å²) < 4.78 is 15.8. The largest absolute Gasteiger partial charge is 0.493 e. The summed E-state index contributed by atoms with van der Waals surface area (Å²) in [6.07, 6.45) is -0.745. The van der Waals surface area contributed by atoms with Crippen LogP contribution in [0.4, 0.5) is 0 Å². The summed E-state index contributed by atoms with van der Waals surface area (Å²) in [4.78, 5) is 0. The molecule has 0 saturated heterocycles. The Morgan fingerprint density at radius 1 is 0.800 bits per heavy atom. The summed E-state index contributed by atoms with van der Waals surface area (Å²) in [5.74, 6) is 1.56. The summed E-state index contributed by atoms with van der Waals surface area (Å²) in [6, 6.07) is 12.9. The van der Waals surface area contributed by atoms with Crippen molar-refractivity contribution in [3.8, 4) is 17.2 Å². The number of benzene rings is 2. The minimum Gasteiger partial charge on any atom is -0.493 e. The van der Waals surface area contributed by atoms with Crippen LogP contribution in [-0.2, 0) is 0 Å². The van der Waals surface area contributed by atoms with Gasteiger partial charge >= 0.3 is 0 Å². The molecule has 0 spiro atoms. The van der Waals surface area contributed by atoms with Crippen LogP contribution in [0.2, 0.25) is 0 Å². The molecule has 0 saturated carbocycles. The molecule has 0 aliphatic rings. The summed E-state index contributed by atoms with van der Waals surface area (Å²) >= 11 is 0. The van der Waals surface area contributed by atoms with E-state index in [-0.39, 0.29) is 0 Å². The molecule has 0 aliphatic carbocycles. The van der Waals surface area contributed by atoms with Gasteiger partial charge in [-0.3, -0.25) is 0 Å². The van der Waals surface area contributed by atoms with Crippen LogP contribution in [0.15, 0.2) is 42.5 Å². The number of hydrogen-bond donors (Lipinski definition) is 1. The van der Waals surface area contributed by atoms with Gasteiger partial charge < -0.3 is 19.3 Å². The summed E-state index contributed by atoms with van der Waals surface area (Å²) in [7, 11) is 4.65. The molecule has 2 aromatic rings. The van der Waals surface area contributed by atoms with Crippen molar-refractivity contribution in [3.05, 3.63) is 53.6 Å². The molecule has 0 fully saturated rings. The van der Waals surface area contributed by atoms with Gasteiger partial charge in [-0.2, -0.15) is 0 Å². The van der Waals surface area contributed by atoms with Crippen molar-refractivity contribution in [2.24, 2.45) is 0 Å². The van der Waals surface area contributed by atoms with E-state index in [1.165, 1.54) is 0 Å². The SMILES string of the molecule is COc1cc([C@H](O)c2ccccc2)cc(OC)c1OC. The van der Waals surface area contributed by atoms with Crippen LogP contribution in [0.5, 0.6) is 17.2 Å². The predicted octanol–water partition coefficient (Wildman–Crippen LogP) is 2.79. The Balaban J connectivity index is 2.47. The number of methoxy groups -OCH3 is 3. The first kappa shape index (κ1) is 14.2. The van der Waals surface area contributed by atoms with Gasteiger partial charge in [-0.25, -0.2) is 0 Å². The first-order chi connectivity index (χ1) is 9.71. The van der Waals surface area contributed by atoms with Gasteiger partial charge in [0.1, 0.15) is 6.10 Å². The fraction of sp³-hybridized carbons (Fsp3) is 0.250. The Kier molecular flexibility index (Phi) is 4.48. The van der Waals surface area contributed by atoms with Gasteiger partial charge in [-0.1, -0.05) is 30.3 Å². The molecule has 0 aromatic heterocycles. The van der Waals surface area contributed by atoms with Crippen molar-refractivity contribution in [1.29, 1.82) is 0 Å². The van der Waals surface area contributed by atoms with E-state index in [1.807, 2.05) is 30.3 Å². The molecule has 0 radical (unpaired) electrons. The van der Waals surface area contributed by atoms with Crippen LogP contribution in [0.25, 0.3) is 0 Å². The zero-order valence-electron chi connectivity index (χ0n) is 11.8. The van der Waals surface area contributed by atoms with Gasteiger partial charge in [0.25, 0.3) is 0 Å². The maximum Gasteiger partial charge on any atom is 0.203 e. The first-order valence-electron chi connectivity index (χ1n) is 6.24. The molecule has 20 heavy (non-hydrogen) atoms. The average Bonchev–Trinajstić information content (AvgIpc) is 2.53. The standard InChI is InChI=1S/C16H18O4/c1-18-13-9-12(10-14(19-2)16(13)20-3)15(17)11-7-5-4-6-8-11/h4-10,15,17H,1-3H3/t15-/m1/s1. The van der Waals surface area contributed by atoms with Crippen molar-refractivity contribution in [3.63, 3.8) is 0 Å². The number of ether oxygens (including phenoxy) is 3. The van der Waals surface area contributed by atoms with Gasteiger partial charge in [-0.15, -0.1) is 0 Å². The minimum atomic E-state index is -0.745. The maximum absolute atomic E-state index is 10.4. The van der Waals surface area contributed by atoms with Gasteiger partial charge in [0.15, 0.2) is 11.5 Å². The third-order valence-electron chi connectivity index (χ3n) is 3.12. The molecule has 4 nitrogen and oxygen atoms in total. The lowest BCUT2D eigenvalue weighted by Crippen LogP contribution is -2.02. The van der Waals surface area contributed by atoms with Crippen LogP contribution >= 0.6 is 0 Å². The number of hydrogen-bond acceptors (Lipinski definition) is 4. The van der Waals surface area contributed by atoms with E-state index < -0.39 is 6.10 Å². The van der Waals surface area contributed by atoms with Crippen molar-refractivity contribution >= 4 is 0 Å². The normalized spacial score (nSPS) is 11.8. The topological polar surface area (TPSA) is 47.9 Å². The van der Waals surface area contributed by atoms with Gasteiger partial charge in [0.2, 0.25) is 5.75 Å². The van der Waals surface area contributed by atoms with Gasteiger partial charge in [-0.05, 0) is 23.3 Å². The van der Waals surface area contributed by atoms with Crippen LogP contribution in [0, 0.1) is 0 Å². The molecule has 0 bridgehead atoms. The van der Waals surface area contributed by atoms with Gasteiger partial charge in [0, 0.05) is 0 Å². The average molecular weight is 274 g/mol. The van der Waals surface area contributed by atoms with Crippen molar-refractivity contribution in [2.75, 3.05) is 21.3 Å². The second-order valence-corrected chi connectivity index (χ2v) is 4.27. The highest BCUT2D eigenvalue weighted by atomic mass is 16.5. The van der Waals surface area contributed by atoms with E-state index >= 15 is 0 Å². The Bertz CT molecular complexity index is 541. The summed E-state index contributed by atoms with van der Waals surface area (Å²) in [5, 5.41) is 10.4. The van der Waals surface area contributed by atoms with E-state index in [0.717, 1.165) is 5.56 Å². The first-order valence-corrected chi connectivity index (χ1v) is 6.24. The Morgan fingerprint density at radius 3 is 1.80 bits per heavy atom. The van der Waals surface area contributed by atoms with Crippen molar-refractivity contribution in [1.82, 2.24) is 0 Å². The lowest BCUT2D eigenvalue weighted by Gasteiger charge is -2.17. The highest BCUT2D eigenvalue weighted by molar-refractivity contribution is 5.55. The fourth-order valence-corrected chi connectivity index (χ4v) is 2.09. The van der Waals surface area contributed by atoms with E-state index in [0.29, 0.717) is 22.8 Å². The zero-order valence-corrected chi connectivity index (χ0v) is 11.8. The quantitative estimate of drug-likeness (QED) is 0.910. The molecule has 4 heteroatoms. The molecule has 2 rings (SSSR count). The van der Waals surface area contributed by atoms with E-state index in [2.05, 4.69) is 0 Å². The van der Waals surface area contributed by atoms with Crippen LogP contribution in [0.3, 0.4) is 0 Å². The second-order valence-electron chi connectivity index (χ2n) is 4.27. The maximum atomic E-state index is 10.4. The lowest BCUT2D eigenvalue weighted by atomic mass is 10.0. The minimum absolute atomic E-state index is 0.513. The molecule has 2 aromatic carbocycles. The monoisotopic (exact) mass is 274 g/mol. The molecule has 0 heterocycles. The predicted molar refractivity (Wildman–Crippen MR) is 76.6 cm³/mol. The Morgan fingerprint density at radius 2 is 1.35 bits per heavy atom. The summed E-state index contributed by atoms with van der Waals surface area (Å²) in [6.45, 7) is 0. The second kappa shape index (κ2) is 6.30. The number of rotatable bonds is 5.